The van der Waals surface area contributed by atoms with Crippen LogP contribution >= 0.6 is 0 Å². The fourth-order valence-corrected chi connectivity index (χ4v) is 4.59. The van der Waals surface area contributed by atoms with Crippen LogP contribution < -0.4 is 10.5 Å². The minimum atomic E-state index is -2.68. The number of amides is 1. The highest BCUT2D eigenvalue weighted by atomic mass is 19.3. The second-order valence-electron chi connectivity index (χ2n) is 8.05. The molecule has 1 heterocycles. The van der Waals surface area contributed by atoms with Crippen molar-refractivity contribution in [3.63, 3.8) is 0 Å². The van der Waals surface area contributed by atoms with Gasteiger partial charge in [-0.1, -0.05) is 25.3 Å². The van der Waals surface area contributed by atoms with E-state index in [4.69, 9.17) is 15.2 Å². The average molecular weight is 424 g/mol. The van der Waals surface area contributed by atoms with Gasteiger partial charge in [-0.05, 0) is 48.9 Å². The predicted octanol–water partition coefficient (Wildman–Crippen LogP) is 3.61. The normalized spacial score (nSPS) is 22.6. The maximum atomic E-state index is 13.6. The number of nitrogens with two attached hydrogens (primary N) is 1. The summed E-state index contributed by atoms with van der Waals surface area (Å²) in [5.74, 6) is -0.0401. The first kappa shape index (κ1) is 22.5. The number of carbonyl (C=O) groups is 1. The van der Waals surface area contributed by atoms with Crippen molar-refractivity contribution in [1.82, 2.24) is 4.90 Å². The average Bonchev–Trinajstić information content (AvgIpc) is 2.98. The summed E-state index contributed by atoms with van der Waals surface area (Å²) in [5.41, 5.74) is 6.31. The molecule has 6 nitrogen and oxygen atoms in total. The molecule has 166 valence electrons. The largest absolute Gasteiger partial charge is 0.493 e. The van der Waals surface area contributed by atoms with Gasteiger partial charge in [0.05, 0.1) is 13.2 Å². The molecule has 1 fully saturated rings. The Kier molecular flexibility index (Phi) is 7.28. The summed E-state index contributed by atoms with van der Waals surface area (Å²) in [7, 11) is 1.64. The van der Waals surface area contributed by atoms with Gasteiger partial charge in [0.1, 0.15) is 5.75 Å². The van der Waals surface area contributed by atoms with Crippen LogP contribution in [-0.2, 0) is 15.1 Å². The van der Waals surface area contributed by atoms with Crippen molar-refractivity contribution in [2.24, 2.45) is 16.6 Å². The summed E-state index contributed by atoms with van der Waals surface area (Å²) in [5, 5.41) is 0. The van der Waals surface area contributed by atoms with Gasteiger partial charge in [0.2, 0.25) is 0 Å². The summed E-state index contributed by atoms with van der Waals surface area (Å²) in [6.45, 7) is 2.23. The third kappa shape index (κ3) is 4.43. The Morgan fingerprint density at radius 2 is 2.00 bits per heavy atom. The van der Waals surface area contributed by atoms with Gasteiger partial charge < -0.3 is 15.2 Å². The van der Waals surface area contributed by atoms with Gasteiger partial charge in [-0.25, -0.2) is 13.8 Å². The predicted molar refractivity (Wildman–Crippen MR) is 111 cm³/mol. The van der Waals surface area contributed by atoms with Crippen molar-refractivity contribution in [2.75, 3.05) is 26.9 Å². The first-order valence-electron chi connectivity index (χ1n) is 10.6. The summed E-state index contributed by atoms with van der Waals surface area (Å²) in [4.78, 5) is 19.1. The number of carbonyl (C=O) groups excluding carboxylic acids is 1. The van der Waals surface area contributed by atoms with E-state index in [1.807, 2.05) is 25.1 Å². The number of benzene rings is 1. The Hall–Kier alpha value is -2.22. The van der Waals surface area contributed by atoms with Gasteiger partial charge in [0.25, 0.3) is 12.3 Å². The fraction of sp³-hybridized carbons (Fsp3) is 0.636. The number of rotatable bonds is 9. The minimum absolute atomic E-state index is 0.0811. The fourth-order valence-electron chi connectivity index (χ4n) is 4.59. The molecular formula is C22H31F2N3O3. The van der Waals surface area contributed by atoms with Crippen molar-refractivity contribution in [3.8, 4) is 5.75 Å². The van der Waals surface area contributed by atoms with Crippen molar-refractivity contribution in [1.29, 1.82) is 0 Å². The van der Waals surface area contributed by atoms with Gasteiger partial charge in [0, 0.05) is 20.1 Å². The number of hydrogen-bond donors (Lipinski definition) is 1. The van der Waals surface area contributed by atoms with Gasteiger partial charge in [-0.15, -0.1) is 0 Å². The first-order chi connectivity index (χ1) is 14.4. The smallest absolute Gasteiger partial charge is 0.262 e. The van der Waals surface area contributed by atoms with Crippen LogP contribution in [0.25, 0.3) is 0 Å². The van der Waals surface area contributed by atoms with E-state index in [1.165, 1.54) is 0 Å². The van der Waals surface area contributed by atoms with Crippen LogP contribution in [0.2, 0.25) is 0 Å². The molecule has 2 N–H and O–H groups in total. The third-order valence-electron chi connectivity index (χ3n) is 6.04. The molecule has 1 amide bonds. The van der Waals surface area contributed by atoms with Crippen LogP contribution in [0.1, 0.15) is 49.7 Å². The Balaban J connectivity index is 2.01. The molecular weight excluding hydrogens is 392 g/mol. The second kappa shape index (κ2) is 9.73. The number of aryl methyl sites for hydroxylation is 1. The summed E-state index contributed by atoms with van der Waals surface area (Å²) in [6.07, 6.45) is 2.74. The quantitative estimate of drug-likeness (QED) is 0.616. The summed E-state index contributed by atoms with van der Waals surface area (Å²) in [6, 6.07) is 5.57. The highest BCUT2D eigenvalue weighted by Crippen LogP contribution is 2.48. The standard InChI is InChI=1S/C22H31F2N3O3/c1-15-9-10-17(30-12-6-11-29-2)13-18(15)22(16-7-4-3-5-8-16)20(28)27(14-19(23)24)21(25)26-22/h9-10,13,16,19H,3-8,11-12,14H2,1-2H3,(H2,25,26). The van der Waals surface area contributed by atoms with Crippen molar-refractivity contribution < 1.29 is 23.0 Å². The Morgan fingerprint density at radius 1 is 1.27 bits per heavy atom. The third-order valence-corrected chi connectivity index (χ3v) is 6.04. The lowest BCUT2D eigenvalue weighted by atomic mass is 9.70. The van der Waals surface area contributed by atoms with E-state index >= 15 is 0 Å². The van der Waals surface area contributed by atoms with E-state index in [9.17, 15) is 13.6 Å². The summed E-state index contributed by atoms with van der Waals surface area (Å²) >= 11 is 0. The number of guanidine groups is 1. The molecule has 0 aromatic heterocycles. The van der Waals surface area contributed by atoms with Gasteiger partial charge >= 0.3 is 0 Å². The highest BCUT2D eigenvalue weighted by molar-refractivity contribution is 6.07. The molecule has 8 heteroatoms. The molecule has 0 spiro atoms. The molecule has 2 aliphatic rings. The lowest BCUT2D eigenvalue weighted by Gasteiger charge is -2.37. The van der Waals surface area contributed by atoms with Gasteiger partial charge in [0.15, 0.2) is 11.5 Å². The number of halogens is 2. The zero-order chi connectivity index (χ0) is 21.7. The molecule has 0 saturated heterocycles. The number of nitrogens with zero attached hydrogens (tertiary/aromatic N) is 2. The van der Waals surface area contributed by atoms with Crippen LogP contribution in [0, 0.1) is 12.8 Å². The molecule has 1 aliphatic heterocycles. The highest BCUT2D eigenvalue weighted by Gasteiger charge is 2.55. The monoisotopic (exact) mass is 423 g/mol. The molecule has 1 atom stereocenters. The summed E-state index contributed by atoms with van der Waals surface area (Å²) < 4.78 is 37.2. The second-order valence-corrected chi connectivity index (χ2v) is 8.05. The number of alkyl halides is 2. The van der Waals surface area contributed by atoms with E-state index in [1.54, 1.807) is 7.11 Å². The zero-order valence-electron chi connectivity index (χ0n) is 17.7. The van der Waals surface area contributed by atoms with Crippen molar-refractivity contribution in [2.45, 2.75) is 57.4 Å². The Labute approximate surface area is 176 Å². The van der Waals surface area contributed by atoms with E-state index in [-0.39, 0.29) is 11.9 Å². The van der Waals surface area contributed by atoms with E-state index < -0.39 is 24.4 Å². The lowest BCUT2D eigenvalue weighted by Crippen LogP contribution is -2.48. The molecule has 30 heavy (non-hydrogen) atoms. The molecule has 3 rings (SSSR count). The van der Waals surface area contributed by atoms with Crippen LogP contribution in [0.4, 0.5) is 8.78 Å². The van der Waals surface area contributed by atoms with E-state index in [0.717, 1.165) is 49.0 Å². The molecule has 1 aromatic carbocycles. The van der Waals surface area contributed by atoms with Gasteiger partial charge in [-0.2, -0.15) is 0 Å². The van der Waals surface area contributed by atoms with Crippen molar-refractivity contribution in [3.05, 3.63) is 29.3 Å². The van der Waals surface area contributed by atoms with Crippen molar-refractivity contribution >= 4 is 11.9 Å². The van der Waals surface area contributed by atoms with Gasteiger partial charge in [-0.3, -0.25) is 9.69 Å². The molecule has 1 unspecified atom stereocenters. The number of ether oxygens (including phenoxy) is 2. The first-order valence-corrected chi connectivity index (χ1v) is 10.6. The topological polar surface area (TPSA) is 77.2 Å². The number of aliphatic imine (C=N–C) groups is 1. The number of methoxy groups -OCH3 is 1. The molecule has 0 bridgehead atoms. The molecule has 1 aromatic rings. The van der Waals surface area contributed by atoms with Crippen LogP contribution in [0.15, 0.2) is 23.2 Å². The molecule has 1 saturated carbocycles. The van der Waals surface area contributed by atoms with Crippen LogP contribution in [0.5, 0.6) is 5.75 Å². The Morgan fingerprint density at radius 3 is 2.67 bits per heavy atom. The van der Waals surface area contributed by atoms with E-state index in [0.29, 0.717) is 24.5 Å². The van der Waals surface area contributed by atoms with Crippen LogP contribution in [0.3, 0.4) is 0 Å². The van der Waals surface area contributed by atoms with Crippen LogP contribution in [-0.4, -0.2) is 50.1 Å². The zero-order valence-corrected chi connectivity index (χ0v) is 17.7. The molecule has 1 aliphatic carbocycles. The molecule has 0 radical (unpaired) electrons. The number of hydrogen-bond acceptors (Lipinski definition) is 5. The Bertz CT molecular complexity index is 781. The maximum absolute atomic E-state index is 13.6. The maximum Gasteiger partial charge on any atom is 0.262 e. The lowest BCUT2D eigenvalue weighted by molar-refractivity contribution is -0.135. The minimum Gasteiger partial charge on any atom is -0.493 e. The van der Waals surface area contributed by atoms with E-state index in [2.05, 4.69) is 4.99 Å². The SMILES string of the molecule is COCCCOc1ccc(C)c(C2(C3CCCCC3)N=C(N)N(CC(F)F)C2=O)c1.